The Morgan fingerprint density at radius 3 is 2.39 bits per heavy atom. The first-order chi connectivity index (χ1) is 13.6. The summed E-state index contributed by atoms with van der Waals surface area (Å²) in [5.74, 6) is -4.39. The Morgan fingerprint density at radius 2 is 1.75 bits per heavy atom. The summed E-state index contributed by atoms with van der Waals surface area (Å²) in [4.78, 5) is 27.6. The molecule has 0 radical (unpaired) electrons. The number of carbonyl (C=O) groups is 2. The molecule has 0 N–H and O–H groups in total. The monoisotopic (exact) mass is 373 g/mol. The number of ether oxygens (including phenoxy) is 1. The van der Waals surface area contributed by atoms with Crippen molar-refractivity contribution in [1.29, 1.82) is 10.5 Å². The number of nitriles is 2. The summed E-state index contributed by atoms with van der Waals surface area (Å²) in [6.45, 7) is 2.09. The van der Waals surface area contributed by atoms with Crippen LogP contribution in [0.3, 0.4) is 0 Å². The molecule has 1 aliphatic rings. The van der Waals surface area contributed by atoms with Gasteiger partial charge in [-0.1, -0.05) is 48.5 Å². The van der Waals surface area contributed by atoms with Crippen LogP contribution in [0.4, 0.5) is 5.69 Å². The molecule has 0 aromatic heterocycles. The third-order valence-corrected chi connectivity index (χ3v) is 4.83. The van der Waals surface area contributed by atoms with E-state index in [4.69, 9.17) is 4.74 Å². The Kier molecular flexibility index (Phi) is 5.72. The minimum absolute atomic E-state index is 0.106. The lowest BCUT2D eigenvalue weighted by atomic mass is 9.79. The molecule has 3 rings (SSSR count). The molecule has 0 saturated carbocycles. The number of hydrogen-bond acceptors (Lipinski definition) is 5. The average molecular weight is 373 g/mol. The summed E-state index contributed by atoms with van der Waals surface area (Å²) in [6.07, 6.45) is 0. The first kappa shape index (κ1) is 19.1. The van der Waals surface area contributed by atoms with E-state index >= 15 is 0 Å². The fraction of sp³-hybridized carbons (Fsp3) is 0.273. The number of anilines is 1. The van der Waals surface area contributed by atoms with Crippen molar-refractivity contribution in [3.05, 3.63) is 65.7 Å². The first-order valence-corrected chi connectivity index (χ1v) is 9.02. The number of para-hydroxylation sites is 1. The van der Waals surface area contributed by atoms with Gasteiger partial charge in [0.2, 0.25) is 5.91 Å². The van der Waals surface area contributed by atoms with Crippen molar-refractivity contribution >= 4 is 17.6 Å². The van der Waals surface area contributed by atoms with E-state index in [0.717, 1.165) is 5.56 Å². The van der Waals surface area contributed by atoms with Crippen LogP contribution in [0.5, 0.6) is 0 Å². The van der Waals surface area contributed by atoms with Crippen molar-refractivity contribution < 1.29 is 14.3 Å². The Bertz CT molecular complexity index is 945. The number of rotatable bonds is 6. The van der Waals surface area contributed by atoms with Crippen LogP contribution >= 0.6 is 0 Å². The summed E-state index contributed by atoms with van der Waals surface area (Å²) >= 11 is 0. The Labute approximate surface area is 163 Å². The highest BCUT2D eigenvalue weighted by atomic mass is 16.5. The fourth-order valence-corrected chi connectivity index (χ4v) is 3.58. The van der Waals surface area contributed by atoms with Crippen LogP contribution in [0.25, 0.3) is 0 Å². The predicted octanol–water partition coefficient (Wildman–Crippen LogP) is 3.16. The molecule has 1 amide bonds. The van der Waals surface area contributed by atoms with Crippen LogP contribution in [0, 0.1) is 34.5 Å². The number of amides is 1. The molecule has 6 heteroatoms. The molecule has 28 heavy (non-hydrogen) atoms. The standard InChI is InChI=1S/C22H19N3O3/c1-2-28-22(27)19(16(12-23)13-24)20-17-10-6-7-11-18(17)25(21(20)26)14-15-8-4-3-5-9-15/h3-11,16,19-20H,2,14H2,1H3/t19-,20-/m0/s1. The zero-order chi connectivity index (χ0) is 20.1. The molecule has 0 unspecified atom stereocenters. The van der Waals surface area contributed by atoms with E-state index in [1.807, 2.05) is 54.6 Å². The van der Waals surface area contributed by atoms with E-state index in [2.05, 4.69) is 0 Å². The molecule has 0 spiro atoms. The summed E-state index contributed by atoms with van der Waals surface area (Å²) < 4.78 is 5.11. The molecule has 2 atom stereocenters. The summed E-state index contributed by atoms with van der Waals surface area (Å²) in [5.41, 5.74) is 2.26. The number of nitrogens with zero attached hydrogens (tertiary/aromatic N) is 3. The van der Waals surface area contributed by atoms with Gasteiger partial charge in [-0.2, -0.15) is 10.5 Å². The molecular weight excluding hydrogens is 354 g/mol. The van der Waals surface area contributed by atoms with Gasteiger partial charge < -0.3 is 9.64 Å². The van der Waals surface area contributed by atoms with E-state index in [1.54, 1.807) is 24.0 Å². The van der Waals surface area contributed by atoms with Crippen molar-refractivity contribution in [2.24, 2.45) is 11.8 Å². The third kappa shape index (κ3) is 3.45. The molecule has 0 aliphatic carbocycles. The minimum atomic E-state index is -1.28. The van der Waals surface area contributed by atoms with E-state index in [-0.39, 0.29) is 12.5 Å². The molecule has 1 aliphatic heterocycles. The van der Waals surface area contributed by atoms with Gasteiger partial charge in [-0.15, -0.1) is 0 Å². The average Bonchev–Trinajstić information content (AvgIpc) is 2.98. The van der Waals surface area contributed by atoms with E-state index in [9.17, 15) is 20.1 Å². The zero-order valence-corrected chi connectivity index (χ0v) is 15.4. The smallest absolute Gasteiger partial charge is 0.312 e. The highest BCUT2D eigenvalue weighted by Crippen LogP contribution is 2.44. The lowest BCUT2D eigenvalue weighted by molar-refractivity contribution is -0.151. The zero-order valence-electron chi connectivity index (χ0n) is 15.4. The second kappa shape index (κ2) is 8.37. The van der Waals surface area contributed by atoms with Gasteiger partial charge >= 0.3 is 5.97 Å². The van der Waals surface area contributed by atoms with Gasteiger partial charge in [0.15, 0.2) is 0 Å². The highest BCUT2D eigenvalue weighted by Gasteiger charge is 2.48. The van der Waals surface area contributed by atoms with Crippen molar-refractivity contribution in [2.45, 2.75) is 19.4 Å². The molecular formula is C22H19N3O3. The van der Waals surface area contributed by atoms with E-state index in [0.29, 0.717) is 17.8 Å². The van der Waals surface area contributed by atoms with E-state index < -0.39 is 23.7 Å². The number of carbonyl (C=O) groups excluding carboxylic acids is 2. The van der Waals surface area contributed by atoms with Gasteiger partial charge in [-0.3, -0.25) is 9.59 Å². The Hall–Kier alpha value is -3.64. The van der Waals surface area contributed by atoms with Gasteiger partial charge in [0, 0.05) is 5.69 Å². The van der Waals surface area contributed by atoms with Crippen LogP contribution < -0.4 is 4.90 Å². The maximum Gasteiger partial charge on any atom is 0.312 e. The van der Waals surface area contributed by atoms with Crippen LogP contribution in [0.1, 0.15) is 24.0 Å². The van der Waals surface area contributed by atoms with Crippen LogP contribution in [0.2, 0.25) is 0 Å². The summed E-state index contributed by atoms with van der Waals surface area (Å²) in [6, 6.07) is 20.4. The quantitative estimate of drug-likeness (QED) is 0.725. The van der Waals surface area contributed by atoms with Crippen molar-refractivity contribution in [3.8, 4) is 12.1 Å². The topological polar surface area (TPSA) is 94.2 Å². The SMILES string of the molecule is CCOC(=O)[C@@H](C(C#N)C#N)[C@H]1C(=O)N(Cc2ccccc2)c2ccccc21. The lowest BCUT2D eigenvalue weighted by Gasteiger charge is -2.23. The van der Waals surface area contributed by atoms with Crippen LogP contribution in [-0.2, 0) is 20.9 Å². The fourth-order valence-electron chi connectivity index (χ4n) is 3.58. The summed E-state index contributed by atoms with van der Waals surface area (Å²) in [5, 5.41) is 18.8. The number of benzene rings is 2. The minimum Gasteiger partial charge on any atom is -0.466 e. The molecule has 1 heterocycles. The molecule has 140 valence electrons. The largest absolute Gasteiger partial charge is 0.466 e. The number of hydrogen-bond donors (Lipinski definition) is 0. The van der Waals surface area contributed by atoms with Gasteiger partial charge in [0.05, 0.1) is 31.2 Å². The van der Waals surface area contributed by atoms with Crippen LogP contribution in [0.15, 0.2) is 54.6 Å². The van der Waals surface area contributed by atoms with E-state index in [1.165, 1.54) is 0 Å². The number of fused-ring (bicyclic) bond motifs is 1. The molecule has 0 saturated heterocycles. The van der Waals surface area contributed by atoms with Crippen LogP contribution in [-0.4, -0.2) is 18.5 Å². The second-order valence-corrected chi connectivity index (χ2v) is 6.46. The Morgan fingerprint density at radius 1 is 1.11 bits per heavy atom. The van der Waals surface area contributed by atoms with Crippen molar-refractivity contribution in [3.63, 3.8) is 0 Å². The maximum atomic E-state index is 13.4. The van der Waals surface area contributed by atoms with Crippen molar-refractivity contribution in [1.82, 2.24) is 0 Å². The van der Waals surface area contributed by atoms with Crippen molar-refractivity contribution in [2.75, 3.05) is 11.5 Å². The Balaban J connectivity index is 2.05. The molecule has 0 bridgehead atoms. The molecule has 6 nitrogen and oxygen atoms in total. The lowest BCUT2D eigenvalue weighted by Crippen LogP contribution is -2.37. The molecule has 2 aromatic rings. The first-order valence-electron chi connectivity index (χ1n) is 9.02. The normalized spacial score (nSPS) is 16.2. The number of esters is 1. The van der Waals surface area contributed by atoms with Gasteiger partial charge in [0.25, 0.3) is 0 Å². The second-order valence-electron chi connectivity index (χ2n) is 6.46. The molecule has 0 fully saturated rings. The van der Waals surface area contributed by atoms with Gasteiger partial charge in [0.1, 0.15) is 11.8 Å². The summed E-state index contributed by atoms with van der Waals surface area (Å²) in [7, 11) is 0. The van der Waals surface area contributed by atoms with Gasteiger partial charge in [-0.25, -0.2) is 0 Å². The highest BCUT2D eigenvalue weighted by molar-refractivity contribution is 6.07. The third-order valence-electron chi connectivity index (χ3n) is 4.83. The maximum absolute atomic E-state index is 13.4. The predicted molar refractivity (Wildman–Crippen MR) is 102 cm³/mol. The van der Waals surface area contributed by atoms with Gasteiger partial charge in [-0.05, 0) is 24.1 Å². The molecule has 2 aromatic carbocycles.